The van der Waals surface area contributed by atoms with Crippen LogP contribution in [0.15, 0.2) is 12.4 Å². The number of ether oxygens (including phenoxy) is 1. The van der Waals surface area contributed by atoms with Gasteiger partial charge in [-0.1, -0.05) is 13.8 Å². The smallest absolute Gasteiger partial charge is 0.290 e. The number of hydrogen-bond donors (Lipinski definition) is 3. The number of aromatic nitrogens is 2. The van der Waals surface area contributed by atoms with E-state index in [0.29, 0.717) is 18.5 Å². The quantitative estimate of drug-likeness (QED) is 0.467. The molecule has 3 heterocycles. The standard InChI is InChI=1S/C23H39N5O2.2CH2O2/c1-3-8-28-17-19(16-25-28)15-24-22(29)23-7-5-21(27-10-12-30-13-11-27)14-20(23)6-9-26(4-2)18-23;2*2-1-3/h16-17,20-21H,3-15,18H2,1-2H3,(H,24,29);2*1H,(H,2,3)/t20-,21+,23-;;/m1../s1. The van der Waals surface area contributed by atoms with Crippen LogP contribution in [0, 0.1) is 11.3 Å². The lowest BCUT2D eigenvalue weighted by Crippen LogP contribution is -2.60. The topological polar surface area (TPSA) is 137 Å². The number of rotatable bonds is 7. The number of carbonyl (C=O) groups excluding carboxylic acids is 1. The fraction of sp³-hybridized carbons (Fsp3) is 0.760. The number of nitrogens with one attached hydrogen (secondary N) is 1. The van der Waals surface area contributed by atoms with Gasteiger partial charge in [0.05, 0.1) is 24.8 Å². The van der Waals surface area contributed by atoms with Crippen LogP contribution in [-0.2, 0) is 32.2 Å². The first-order valence-corrected chi connectivity index (χ1v) is 13.0. The Kier molecular flexibility index (Phi) is 12.9. The van der Waals surface area contributed by atoms with E-state index in [2.05, 4.69) is 40.3 Å². The highest BCUT2D eigenvalue weighted by molar-refractivity contribution is 5.83. The number of aryl methyl sites for hydroxylation is 1. The van der Waals surface area contributed by atoms with E-state index in [-0.39, 0.29) is 24.3 Å². The van der Waals surface area contributed by atoms with Crippen molar-refractivity contribution in [3.63, 3.8) is 0 Å². The van der Waals surface area contributed by atoms with Gasteiger partial charge in [-0.05, 0) is 51.1 Å². The lowest BCUT2D eigenvalue weighted by atomic mass is 9.61. The first-order valence-electron chi connectivity index (χ1n) is 13.0. The number of carboxylic acid groups (broad SMARTS) is 2. The van der Waals surface area contributed by atoms with Gasteiger partial charge in [-0.2, -0.15) is 5.10 Å². The molecule has 0 aromatic carbocycles. The van der Waals surface area contributed by atoms with E-state index >= 15 is 0 Å². The Balaban J connectivity index is 0.000000693. The monoisotopic (exact) mass is 509 g/mol. The third kappa shape index (κ3) is 8.01. The van der Waals surface area contributed by atoms with Crippen molar-refractivity contribution >= 4 is 18.9 Å². The van der Waals surface area contributed by atoms with Crippen LogP contribution in [-0.4, -0.2) is 101 Å². The van der Waals surface area contributed by atoms with Gasteiger partial charge in [0.1, 0.15) is 0 Å². The van der Waals surface area contributed by atoms with Gasteiger partial charge < -0.3 is 25.2 Å². The number of fused-ring (bicyclic) bond motifs is 1. The Hall–Kier alpha value is -2.50. The number of likely N-dealkylation sites (tertiary alicyclic amines) is 1. The van der Waals surface area contributed by atoms with Gasteiger partial charge in [-0.25, -0.2) is 0 Å². The second-order valence-electron chi connectivity index (χ2n) is 9.59. The first-order chi connectivity index (χ1) is 17.5. The number of morpholine rings is 1. The molecule has 0 bridgehead atoms. The normalized spacial score (nSPS) is 26.3. The fourth-order valence-electron chi connectivity index (χ4n) is 5.84. The highest BCUT2D eigenvalue weighted by Crippen LogP contribution is 2.47. The maximum absolute atomic E-state index is 13.6. The van der Waals surface area contributed by atoms with Crippen molar-refractivity contribution in [3.05, 3.63) is 18.0 Å². The molecule has 0 unspecified atom stereocenters. The first kappa shape index (κ1) is 29.7. The second-order valence-corrected chi connectivity index (χ2v) is 9.59. The largest absolute Gasteiger partial charge is 0.483 e. The van der Waals surface area contributed by atoms with E-state index in [9.17, 15) is 4.79 Å². The van der Waals surface area contributed by atoms with Crippen molar-refractivity contribution in [2.24, 2.45) is 11.3 Å². The molecule has 2 aliphatic heterocycles. The molecule has 1 aromatic rings. The predicted octanol–water partition coefficient (Wildman–Crippen LogP) is 1.52. The Labute approximate surface area is 213 Å². The zero-order chi connectivity index (χ0) is 26.4. The van der Waals surface area contributed by atoms with Crippen LogP contribution in [0.1, 0.15) is 51.5 Å². The molecule has 1 aliphatic carbocycles. The molecule has 3 atom stereocenters. The van der Waals surface area contributed by atoms with Crippen LogP contribution in [0.25, 0.3) is 0 Å². The van der Waals surface area contributed by atoms with Crippen LogP contribution in [0.4, 0.5) is 0 Å². The van der Waals surface area contributed by atoms with Gasteiger partial charge in [0.2, 0.25) is 5.91 Å². The molecular weight excluding hydrogens is 466 g/mol. The van der Waals surface area contributed by atoms with E-state index in [1.54, 1.807) is 0 Å². The highest BCUT2D eigenvalue weighted by Gasteiger charge is 2.52. The zero-order valence-corrected chi connectivity index (χ0v) is 21.7. The van der Waals surface area contributed by atoms with Crippen molar-refractivity contribution in [3.8, 4) is 0 Å². The maximum atomic E-state index is 13.6. The maximum Gasteiger partial charge on any atom is 0.290 e. The van der Waals surface area contributed by atoms with Crippen LogP contribution in [0.3, 0.4) is 0 Å². The van der Waals surface area contributed by atoms with Crippen LogP contribution in [0.2, 0.25) is 0 Å². The summed E-state index contributed by atoms with van der Waals surface area (Å²) in [5, 5.41) is 21.5. The average molecular weight is 510 g/mol. The molecule has 11 nitrogen and oxygen atoms in total. The van der Waals surface area contributed by atoms with Crippen LogP contribution >= 0.6 is 0 Å². The predicted molar refractivity (Wildman–Crippen MR) is 134 cm³/mol. The second kappa shape index (κ2) is 15.6. The molecule has 4 rings (SSSR count). The minimum Gasteiger partial charge on any atom is -0.483 e. The van der Waals surface area contributed by atoms with Crippen molar-refractivity contribution in [2.45, 2.75) is 65.1 Å². The highest BCUT2D eigenvalue weighted by atomic mass is 16.5. The lowest BCUT2D eigenvalue weighted by Gasteiger charge is -2.53. The molecule has 2 saturated heterocycles. The Morgan fingerprint density at radius 3 is 2.53 bits per heavy atom. The Morgan fingerprint density at radius 2 is 1.89 bits per heavy atom. The number of amides is 1. The Bertz CT molecular complexity index is 794. The molecular formula is C25H43N5O6. The molecule has 0 radical (unpaired) electrons. The minimum absolute atomic E-state index is 0.240. The molecule has 3 N–H and O–H groups in total. The van der Waals surface area contributed by atoms with E-state index in [1.807, 2.05) is 10.9 Å². The van der Waals surface area contributed by atoms with Crippen molar-refractivity contribution in [2.75, 3.05) is 45.9 Å². The van der Waals surface area contributed by atoms with E-state index in [0.717, 1.165) is 90.1 Å². The van der Waals surface area contributed by atoms with Crippen molar-refractivity contribution in [1.29, 1.82) is 0 Å². The summed E-state index contributed by atoms with van der Waals surface area (Å²) in [6, 6.07) is 0.611. The number of carbonyl (C=O) groups is 3. The summed E-state index contributed by atoms with van der Waals surface area (Å²) >= 11 is 0. The number of nitrogens with zero attached hydrogens (tertiary/aromatic N) is 4. The van der Waals surface area contributed by atoms with E-state index < -0.39 is 0 Å². The van der Waals surface area contributed by atoms with E-state index in [1.165, 1.54) is 0 Å². The molecule has 204 valence electrons. The molecule has 1 saturated carbocycles. The lowest BCUT2D eigenvalue weighted by molar-refractivity contribution is -0.145. The van der Waals surface area contributed by atoms with Crippen LogP contribution < -0.4 is 5.32 Å². The molecule has 3 fully saturated rings. The summed E-state index contributed by atoms with van der Waals surface area (Å²) in [5.41, 5.74) is 0.853. The van der Waals surface area contributed by atoms with Gasteiger partial charge >= 0.3 is 0 Å². The Morgan fingerprint density at radius 1 is 1.19 bits per heavy atom. The number of hydrogen-bond acceptors (Lipinski definition) is 7. The van der Waals surface area contributed by atoms with Gasteiger partial charge in [0.15, 0.2) is 0 Å². The molecule has 36 heavy (non-hydrogen) atoms. The van der Waals surface area contributed by atoms with Crippen molar-refractivity contribution in [1.82, 2.24) is 24.9 Å². The van der Waals surface area contributed by atoms with Gasteiger partial charge in [-0.3, -0.25) is 24.0 Å². The summed E-state index contributed by atoms with van der Waals surface area (Å²) in [6.07, 6.45) is 9.42. The average Bonchev–Trinajstić information content (AvgIpc) is 3.35. The molecule has 11 heteroatoms. The molecule has 3 aliphatic rings. The van der Waals surface area contributed by atoms with Gasteiger partial charge in [0, 0.05) is 50.5 Å². The summed E-state index contributed by atoms with van der Waals surface area (Å²) in [7, 11) is 0. The molecule has 1 aromatic heterocycles. The third-order valence-electron chi connectivity index (χ3n) is 7.62. The third-order valence-corrected chi connectivity index (χ3v) is 7.62. The summed E-state index contributed by atoms with van der Waals surface area (Å²) in [6.45, 7) is 12.2. The molecule has 1 amide bonds. The minimum atomic E-state index is -0.250. The van der Waals surface area contributed by atoms with E-state index in [4.69, 9.17) is 24.5 Å². The number of piperidine rings is 1. The summed E-state index contributed by atoms with van der Waals surface area (Å²) in [5.74, 6) is 0.735. The summed E-state index contributed by atoms with van der Waals surface area (Å²) < 4.78 is 7.52. The van der Waals surface area contributed by atoms with Gasteiger partial charge in [0.25, 0.3) is 12.9 Å². The van der Waals surface area contributed by atoms with Crippen molar-refractivity contribution < 1.29 is 29.3 Å². The SMILES string of the molecule is CCCn1cc(CNC(=O)[C@@]23CC[C@H](N4CCOCC4)C[C@H]2CCN(CC)C3)cn1.O=CO.O=CO. The van der Waals surface area contributed by atoms with Gasteiger partial charge in [-0.15, -0.1) is 0 Å². The molecule has 0 spiro atoms. The zero-order valence-electron chi connectivity index (χ0n) is 21.7. The summed E-state index contributed by atoms with van der Waals surface area (Å²) in [4.78, 5) is 35.4. The fourth-order valence-corrected chi connectivity index (χ4v) is 5.84. The van der Waals surface area contributed by atoms with Crippen LogP contribution in [0.5, 0.6) is 0 Å².